The Bertz CT molecular complexity index is 941. The molecule has 0 unspecified atom stereocenters. The predicted octanol–water partition coefficient (Wildman–Crippen LogP) is 3.89. The largest absolute Gasteiger partial charge is 0.493 e. The second-order valence-electron chi connectivity index (χ2n) is 6.43. The maximum Gasteiger partial charge on any atom is 0.241 e. The molecule has 0 atom stereocenters. The van der Waals surface area contributed by atoms with Crippen LogP contribution in [0.4, 0.5) is 0 Å². The lowest BCUT2D eigenvalue weighted by Gasteiger charge is -2.18. The highest BCUT2D eigenvalue weighted by molar-refractivity contribution is 5.63. The molecule has 146 valence electrons. The van der Waals surface area contributed by atoms with E-state index in [9.17, 15) is 0 Å². The number of para-hydroxylation sites is 1. The van der Waals surface area contributed by atoms with Gasteiger partial charge in [0.05, 0.1) is 18.7 Å². The molecular weight excluding hydrogens is 358 g/mol. The molecule has 1 aromatic heterocycles. The first kappa shape index (κ1) is 18.3. The number of rotatable bonds is 8. The van der Waals surface area contributed by atoms with Gasteiger partial charge in [-0.05, 0) is 43.3 Å². The zero-order chi connectivity index (χ0) is 19.3. The smallest absolute Gasteiger partial charge is 0.241 e. The molecule has 0 saturated carbocycles. The van der Waals surface area contributed by atoms with Crippen LogP contribution in [0.1, 0.15) is 25.3 Å². The van der Waals surface area contributed by atoms with Gasteiger partial charge in [0.15, 0.2) is 11.5 Å². The summed E-state index contributed by atoms with van der Waals surface area (Å²) < 4.78 is 22.0. The van der Waals surface area contributed by atoms with E-state index >= 15 is 0 Å². The van der Waals surface area contributed by atoms with Gasteiger partial charge in [0.2, 0.25) is 18.5 Å². The van der Waals surface area contributed by atoms with Gasteiger partial charge in [-0.15, -0.1) is 0 Å². The molecule has 7 heteroatoms. The molecule has 7 nitrogen and oxygen atoms in total. The molecule has 0 saturated heterocycles. The van der Waals surface area contributed by atoms with E-state index in [4.69, 9.17) is 18.7 Å². The van der Waals surface area contributed by atoms with Gasteiger partial charge < -0.3 is 18.7 Å². The van der Waals surface area contributed by atoms with Crippen LogP contribution in [0.25, 0.3) is 11.4 Å². The van der Waals surface area contributed by atoms with E-state index in [-0.39, 0.29) is 6.79 Å². The summed E-state index contributed by atoms with van der Waals surface area (Å²) in [5.74, 6) is 3.45. The van der Waals surface area contributed by atoms with Crippen LogP contribution >= 0.6 is 0 Å². The van der Waals surface area contributed by atoms with E-state index in [1.54, 1.807) is 0 Å². The first-order chi connectivity index (χ1) is 13.8. The number of nitrogens with zero attached hydrogens (tertiary/aromatic N) is 3. The van der Waals surface area contributed by atoms with Crippen LogP contribution < -0.4 is 14.2 Å². The monoisotopic (exact) mass is 381 g/mol. The van der Waals surface area contributed by atoms with Gasteiger partial charge in [0.1, 0.15) is 5.75 Å². The molecule has 3 aromatic rings. The average molecular weight is 381 g/mol. The summed E-state index contributed by atoms with van der Waals surface area (Å²) in [5.41, 5.74) is 1.98. The van der Waals surface area contributed by atoms with Crippen molar-refractivity contribution < 1.29 is 18.7 Å². The summed E-state index contributed by atoms with van der Waals surface area (Å²) in [4.78, 5) is 6.79. The Kier molecular flexibility index (Phi) is 5.43. The number of hydrogen-bond acceptors (Lipinski definition) is 7. The standard InChI is InChI=1S/C21H23N3O4/c1-3-24(12-15-9-10-18-19(11-15)27-14-26-18)13-20-22-21(23-28-20)16-7-5-6-8-17(16)25-4-2/h5-11H,3-4,12-14H2,1-2H3. The molecule has 4 rings (SSSR count). The van der Waals surface area contributed by atoms with E-state index in [2.05, 4.69) is 22.0 Å². The molecule has 0 bridgehead atoms. The molecule has 0 N–H and O–H groups in total. The minimum absolute atomic E-state index is 0.282. The Hall–Kier alpha value is -3.06. The molecule has 0 aliphatic carbocycles. The summed E-state index contributed by atoms with van der Waals surface area (Å²) in [6.07, 6.45) is 0. The highest BCUT2D eigenvalue weighted by Crippen LogP contribution is 2.33. The summed E-state index contributed by atoms with van der Waals surface area (Å²) in [5, 5.41) is 4.14. The summed E-state index contributed by atoms with van der Waals surface area (Å²) >= 11 is 0. The van der Waals surface area contributed by atoms with Crippen molar-refractivity contribution in [3.8, 4) is 28.6 Å². The van der Waals surface area contributed by atoms with Crippen molar-refractivity contribution in [1.29, 1.82) is 0 Å². The number of benzene rings is 2. The lowest BCUT2D eigenvalue weighted by atomic mass is 10.2. The minimum Gasteiger partial charge on any atom is -0.493 e. The van der Waals surface area contributed by atoms with Gasteiger partial charge in [-0.25, -0.2) is 0 Å². The third-order valence-electron chi connectivity index (χ3n) is 4.55. The highest BCUT2D eigenvalue weighted by atomic mass is 16.7. The normalized spacial score (nSPS) is 12.5. The fourth-order valence-corrected chi connectivity index (χ4v) is 3.13. The number of fused-ring (bicyclic) bond motifs is 1. The molecule has 28 heavy (non-hydrogen) atoms. The van der Waals surface area contributed by atoms with Gasteiger partial charge in [0, 0.05) is 6.54 Å². The topological polar surface area (TPSA) is 69.9 Å². The van der Waals surface area contributed by atoms with Gasteiger partial charge in [-0.2, -0.15) is 4.98 Å². The Balaban J connectivity index is 1.46. The first-order valence-corrected chi connectivity index (χ1v) is 9.42. The van der Waals surface area contributed by atoms with Gasteiger partial charge >= 0.3 is 0 Å². The molecule has 0 fully saturated rings. The third-order valence-corrected chi connectivity index (χ3v) is 4.55. The maximum absolute atomic E-state index is 5.66. The van der Waals surface area contributed by atoms with E-state index in [0.717, 1.165) is 41.5 Å². The lowest BCUT2D eigenvalue weighted by molar-refractivity contribution is 0.174. The molecular formula is C21H23N3O4. The van der Waals surface area contributed by atoms with Crippen LogP contribution in [-0.4, -0.2) is 35.0 Å². The predicted molar refractivity (Wildman–Crippen MR) is 103 cm³/mol. The molecule has 1 aliphatic rings. The van der Waals surface area contributed by atoms with E-state index in [1.807, 2.05) is 49.4 Å². The number of aromatic nitrogens is 2. The second kappa shape index (κ2) is 8.31. The fraction of sp³-hybridized carbons (Fsp3) is 0.333. The third kappa shape index (κ3) is 3.94. The van der Waals surface area contributed by atoms with Crippen molar-refractivity contribution in [3.63, 3.8) is 0 Å². The van der Waals surface area contributed by atoms with Crippen molar-refractivity contribution in [1.82, 2.24) is 15.0 Å². The molecule has 2 aromatic carbocycles. The van der Waals surface area contributed by atoms with Gasteiger partial charge in [0.25, 0.3) is 0 Å². The van der Waals surface area contributed by atoms with Crippen LogP contribution in [0.15, 0.2) is 47.0 Å². The van der Waals surface area contributed by atoms with Crippen LogP contribution in [-0.2, 0) is 13.1 Å². The molecule has 0 spiro atoms. The zero-order valence-corrected chi connectivity index (χ0v) is 16.1. The van der Waals surface area contributed by atoms with Crippen molar-refractivity contribution in [3.05, 3.63) is 53.9 Å². The van der Waals surface area contributed by atoms with Crippen LogP contribution in [0, 0.1) is 0 Å². The zero-order valence-electron chi connectivity index (χ0n) is 16.1. The summed E-state index contributed by atoms with van der Waals surface area (Å²) in [6, 6.07) is 13.7. The fourth-order valence-electron chi connectivity index (χ4n) is 3.13. The quantitative estimate of drug-likeness (QED) is 0.586. The summed E-state index contributed by atoms with van der Waals surface area (Å²) in [6.45, 7) is 7.09. The molecule has 0 radical (unpaired) electrons. The minimum atomic E-state index is 0.282. The first-order valence-electron chi connectivity index (χ1n) is 9.42. The van der Waals surface area contributed by atoms with Gasteiger partial charge in [-0.1, -0.05) is 30.3 Å². The van der Waals surface area contributed by atoms with Crippen molar-refractivity contribution >= 4 is 0 Å². The molecule has 2 heterocycles. The Morgan fingerprint density at radius 2 is 1.89 bits per heavy atom. The van der Waals surface area contributed by atoms with E-state index in [1.165, 1.54) is 0 Å². The second-order valence-corrected chi connectivity index (χ2v) is 6.43. The summed E-state index contributed by atoms with van der Waals surface area (Å²) in [7, 11) is 0. The Morgan fingerprint density at radius 3 is 2.75 bits per heavy atom. The van der Waals surface area contributed by atoms with E-state index in [0.29, 0.717) is 24.9 Å². The molecule has 1 aliphatic heterocycles. The Morgan fingerprint density at radius 1 is 1.04 bits per heavy atom. The van der Waals surface area contributed by atoms with Crippen molar-refractivity contribution in [2.75, 3.05) is 19.9 Å². The van der Waals surface area contributed by atoms with Crippen LogP contribution in [0.5, 0.6) is 17.2 Å². The van der Waals surface area contributed by atoms with Crippen LogP contribution in [0.2, 0.25) is 0 Å². The van der Waals surface area contributed by atoms with E-state index < -0.39 is 0 Å². The maximum atomic E-state index is 5.66. The number of ether oxygens (including phenoxy) is 3. The Labute approximate surface area is 163 Å². The van der Waals surface area contributed by atoms with Gasteiger partial charge in [-0.3, -0.25) is 4.90 Å². The molecule has 0 amide bonds. The van der Waals surface area contributed by atoms with Crippen LogP contribution in [0.3, 0.4) is 0 Å². The van der Waals surface area contributed by atoms with Crippen molar-refractivity contribution in [2.24, 2.45) is 0 Å². The average Bonchev–Trinajstić information content (AvgIpc) is 3.37. The number of hydrogen-bond donors (Lipinski definition) is 0. The SMILES string of the molecule is CCOc1ccccc1-c1noc(CN(CC)Cc2ccc3c(c2)OCO3)n1. The lowest BCUT2D eigenvalue weighted by Crippen LogP contribution is -2.22. The highest BCUT2D eigenvalue weighted by Gasteiger charge is 2.17. The van der Waals surface area contributed by atoms with Crippen molar-refractivity contribution in [2.45, 2.75) is 26.9 Å².